The van der Waals surface area contributed by atoms with Gasteiger partial charge in [0, 0.05) is 31.5 Å². The smallest absolute Gasteiger partial charge is 0.311 e. The van der Waals surface area contributed by atoms with Gasteiger partial charge in [-0.1, -0.05) is 17.4 Å². The van der Waals surface area contributed by atoms with Crippen LogP contribution in [0.3, 0.4) is 0 Å². The Morgan fingerprint density at radius 1 is 1.17 bits per heavy atom. The number of nitro groups is 1. The van der Waals surface area contributed by atoms with Crippen molar-refractivity contribution < 1.29 is 19.0 Å². The van der Waals surface area contributed by atoms with E-state index in [1.54, 1.807) is 64.6 Å². The molecule has 0 saturated heterocycles. The second-order valence-corrected chi connectivity index (χ2v) is 11.0. The van der Waals surface area contributed by atoms with Crippen molar-refractivity contribution in [2.24, 2.45) is 0 Å². The zero-order valence-corrected chi connectivity index (χ0v) is 18.3. The van der Waals surface area contributed by atoms with Crippen molar-refractivity contribution in [3.05, 3.63) is 63.7 Å². The highest BCUT2D eigenvalue weighted by Crippen LogP contribution is 2.51. The molecule has 9 nitrogen and oxygen atoms in total. The number of carbonyl (C=O) groups excluding carboxylic acids is 1. The first-order chi connectivity index (χ1) is 13.7. The van der Waals surface area contributed by atoms with Crippen molar-refractivity contribution in [1.82, 2.24) is 15.1 Å². The van der Waals surface area contributed by atoms with E-state index in [0.29, 0.717) is 17.1 Å². The second-order valence-electron chi connectivity index (χ2n) is 6.16. The molecule has 0 aliphatic carbocycles. The number of hydrogen-bond donors (Lipinski definition) is 2. The lowest BCUT2D eigenvalue weighted by Gasteiger charge is -2.15. The molecule has 29 heavy (non-hydrogen) atoms. The van der Waals surface area contributed by atoms with Crippen molar-refractivity contribution in [1.29, 1.82) is 0 Å². The average Bonchev–Trinajstić information content (AvgIpc) is 2.72. The molecule has 156 valence electrons. The first-order valence-corrected chi connectivity index (χ1v) is 11.9. The molecule has 0 aliphatic rings. The molecule has 2 rings (SSSR count). The van der Waals surface area contributed by atoms with E-state index >= 15 is 0 Å². The molecule has 0 radical (unpaired) electrons. The predicted molar refractivity (Wildman–Crippen MR) is 115 cm³/mol. The van der Waals surface area contributed by atoms with Crippen LogP contribution >= 0.6 is 18.0 Å². The van der Waals surface area contributed by atoms with Gasteiger partial charge >= 0.3 is 5.69 Å². The van der Waals surface area contributed by atoms with Gasteiger partial charge < -0.3 is 9.64 Å². The van der Waals surface area contributed by atoms with E-state index in [-0.39, 0.29) is 17.3 Å². The molecule has 0 bridgehead atoms. The molecule has 11 heteroatoms. The zero-order chi connectivity index (χ0) is 21.6. The summed E-state index contributed by atoms with van der Waals surface area (Å²) >= 11 is 1.18. The first-order valence-electron chi connectivity index (χ1n) is 8.58. The SMILES string of the molecule is CNP(=O)(NC)SCc1ccc([N+](=O)[O-])c(Oc2ccc(C(=O)N(C)C)cc2)c1. The molecule has 0 fully saturated rings. The average molecular weight is 438 g/mol. The lowest BCUT2D eigenvalue weighted by Crippen LogP contribution is -2.21. The number of nitrogens with one attached hydrogen (secondary N) is 2. The van der Waals surface area contributed by atoms with Crippen molar-refractivity contribution in [3.8, 4) is 11.5 Å². The van der Waals surface area contributed by atoms with Gasteiger partial charge in [-0.2, -0.15) is 0 Å². The highest BCUT2D eigenvalue weighted by molar-refractivity contribution is 8.56. The molecule has 2 aromatic carbocycles. The van der Waals surface area contributed by atoms with Crippen LogP contribution in [0.4, 0.5) is 5.69 Å². The normalized spacial score (nSPS) is 11.2. The Morgan fingerprint density at radius 3 is 2.31 bits per heavy atom. The molecule has 0 spiro atoms. The van der Waals surface area contributed by atoms with E-state index in [2.05, 4.69) is 10.2 Å². The molecular formula is C18H23N4O5PS. The molecule has 0 heterocycles. The van der Waals surface area contributed by atoms with E-state index in [1.807, 2.05) is 0 Å². The van der Waals surface area contributed by atoms with Gasteiger partial charge in [-0.25, -0.2) is 10.2 Å². The van der Waals surface area contributed by atoms with E-state index < -0.39 is 11.6 Å². The summed E-state index contributed by atoms with van der Waals surface area (Å²) in [6.07, 6.45) is 0. The van der Waals surface area contributed by atoms with Crippen molar-refractivity contribution in [2.45, 2.75) is 5.75 Å². The lowest BCUT2D eigenvalue weighted by molar-refractivity contribution is -0.385. The van der Waals surface area contributed by atoms with Gasteiger partial charge in [-0.15, -0.1) is 0 Å². The number of hydrogen-bond acceptors (Lipinski definition) is 6. The van der Waals surface area contributed by atoms with Crippen molar-refractivity contribution >= 4 is 29.6 Å². The van der Waals surface area contributed by atoms with Gasteiger partial charge in [0.2, 0.25) is 5.75 Å². The molecule has 0 saturated carbocycles. The highest BCUT2D eigenvalue weighted by atomic mass is 32.7. The molecule has 1 amide bonds. The van der Waals surface area contributed by atoms with Crippen molar-refractivity contribution in [2.75, 3.05) is 28.2 Å². The number of amides is 1. The van der Waals surface area contributed by atoms with Crippen LogP contribution in [-0.4, -0.2) is 43.9 Å². The van der Waals surface area contributed by atoms with Gasteiger partial charge in [0.1, 0.15) is 5.75 Å². The minimum Gasteiger partial charge on any atom is -0.450 e. The summed E-state index contributed by atoms with van der Waals surface area (Å²) in [5.74, 6) is 0.650. The Bertz CT molecular complexity index is 928. The highest BCUT2D eigenvalue weighted by Gasteiger charge is 2.20. The van der Waals surface area contributed by atoms with Crippen LogP contribution in [0.1, 0.15) is 15.9 Å². The van der Waals surface area contributed by atoms with E-state index in [1.165, 1.54) is 22.3 Å². The largest absolute Gasteiger partial charge is 0.450 e. The van der Waals surface area contributed by atoms with Crippen LogP contribution in [0.5, 0.6) is 11.5 Å². The number of nitro benzene ring substituents is 1. The molecule has 2 aromatic rings. The summed E-state index contributed by atoms with van der Waals surface area (Å²) in [7, 11) is 6.50. The molecule has 0 atom stereocenters. The topological polar surface area (TPSA) is 114 Å². The van der Waals surface area contributed by atoms with E-state index in [9.17, 15) is 19.5 Å². The number of nitrogens with zero attached hydrogens (tertiary/aromatic N) is 2. The Labute approximate surface area is 173 Å². The lowest BCUT2D eigenvalue weighted by atomic mass is 10.2. The second kappa shape index (κ2) is 9.89. The number of benzene rings is 2. The number of rotatable bonds is 9. The van der Waals surface area contributed by atoms with Crippen LogP contribution in [-0.2, 0) is 10.3 Å². The van der Waals surface area contributed by atoms with Crippen LogP contribution < -0.4 is 14.9 Å². The van der Waals surface area contributed by atoms with Gasteiger partial charge in [-0.3, -0.25) is 19.5 Å². The monoisotopic (exact) mass is 438 g/mol. The zero-order valence-electron chi connectivity index (χ0n) is 16.5. The maximum Gasteiger partial charge on any atom is 0.311 e. The Kier molecular flexibility index (Phi) is 7.80. The summed E-state index contributed by atoms with van der Waals surface area (Å²) in [4.78, 5) is 24.3. The Morgan fingerprint density at radius 2 is 1.79 bits per heavy atom. The maximum absolute atomic E-state index is 12.4. The van der Waals surface area contributed by atoms with Crippen LogP contribution in [0.15, 0.2) is 42.5 Å². The quantitative estimate of drug-likeness (QED) is 0.345. The number of ether oxygens (including phenoxy) is 1. The van der Waals surface area contributed by atoms with Gasteiger partial charge in [-0.05, 0) is 50.0 Å². The van der Waals surface area contributed by atoms with Gasteiger partial charge in [0.05, 0.1) is 4.92 Å². The van der Waals surface area contributed by atoms with Crippen LogP contribution in [0, 0.1) is 10.1 Å². The summed E-state index contributed by atoms with van der Waals surface area (Å²) in [5, 5.41) is 16.8. The van der Waals surface area contributed by atoms with E-state index in [4.69, 9.17) is 4.74 Å². The number of carbonyl (C=O) groups is 1. The summed E-state index contributed by atoms with van der Waals surface area (Å²) in [6, 6.07) is 10.9. The summed E-state index contributed by atoms with van der Waals surface area (Å²) < 4.78 is 18.1. The fourth-order valence-electron chi connectivity index (χ4n) is 2.34. The third-order valence-electron chi connectivity index (χ3n) is 3.96. The van der Waals surface area contributed by atoms with Gasteiger partial charge in [0.25, 0.3) is 12.6 Å². The Hall–Kier alpha value is -2.39. The minimum absolute atomic E-state index is 0.0727. The van der Waals surface area contributed by atoms with E-state index in [0.717, 1.165) is 5.56 Å². The summed E-state index contributed by atoms with van der Waals surface area (Å²) in [5.41, 5.74) is 1.02. The standard InChI is InChI=1S/C18H23N4O5PS/c1-19-28(26,20-2)29-12-13-5-10-16(22(24)25)17(11-13)27-15-8-6-14(7-9-15)18(23)21(3)4/h5-11H,12H2,1-4H3,(H2,19,20,26). The molecular weight excluding hydrogens is 415 g/mol. The first kappa shape index (κ1) is 22.9. The minimum atomic E-state index is -2.78. The molecule has 2 N–H and O–H groups in total. The van der Waals surface area contributed by atoms with Crippen LogP contribution in [0.25, 0.3) is 0 Å². The van der Waals surface area contributed by atoms with Gasteiger partial charge in [0.15, 0.2) is 0 Å². The molecule has 0 aliphatic heterocycles. The third-order valence-corrected chi connectivity index (χ3v) is 8.54. The fraction of sp³-hybridized carbons (Fsp3) is 0.278. The van der Waals surface area contributed by atoms with Crippen molar-refractivity contribution in [3.63, 3.8) is 0 Å². The maximum atomic E-state index is 12.4. The Balaban J connectivity index is 2.25. The summed E-state index contributed by atoms with van der Waals surface area (Å²) in [6.45, 7) is -2.78. The molecule has 0 aromatic heterocycles. The molecule has 0 unspecified atom stereocenters. The fourth-order valence-corrected chi connectivity index (χ4v) is 5.10. The van der Waals surface area contributed by atoms with Crippen LogP contribution in [0.2, 0.25) is 0 Å². The predicted octanol–water partition coefficient (Wildman–Crippen LogP) is 3.87. The third kappa shape index (κ3) is 6.04.